The van der Waals surface area contributed by atoms with Gasteiger partial charge < -0.3 is 26.0 Å². The highest BCUT2D eigenvalue weighted by atomic mass is 16.5. The molecule has 1 fully saturated rings. The maximum absolute atomic E-state index is 12.3. The van der Waals surface area contributed by atoms with E-state index < -0.39 is 0 Å². The minimum Gasteiger partial charge on any atom is -0.463 e. The van der Waals surface area contributed by atoms with E-state index in [9.17, 15) is 14.4 Å². The zero-order valence-electron chi connectivity index (χ0n) is 15.5. The number of esters is 1. The lowest BCUT2D eigenvalue weighted by atomic mass is 10.2. The Morgan fingerprint density at radius 1 is 1.26 bits per heavy atom. The molecule has 1 aliphatic heterocycles. The van der Waals surface area contributed by atoms with Gasteiger partial charge in [0.1, 0.15) is 6.61 Å². The van der Waals surface area contributed by atoms with Crippen LogP contribution in [0.25, 0.3) is 0 Å². The SMILES string of the molecule is CCN=C(NCC)Nc1cccc(C(=O)NCC(=O)NC2COC(=O)C2)c1. The van der Waals surface area contributed by atoms with Crippen molar-refractivity contribution in [3.63, 3.8) is 0 Å². The lowest BCUT2D eigenvalue weighted by molar-refractivity contribution is -0.138. The van der Waals surface area contributed by atoms with E-state index in [1.807, 2.05) is 19.9 Å². The molecule has 0 aromatic heterocycles. The molecule has 9 nitrogen and oxygen atoms in total. The van der Waals surface area contributed by atoms with Gasteiger partial charge in [-0.1, -0.05) is 6.07 Å². The second-order valence-electron chi connectivity index (χ2n) is 5.89. The lowest BCUT2D eigenvalue weighted by Crippen LogP contribution is -2.42. The average Bonchev–Trinajstić information content (AvgIpc) is 3.05. The highest BCUT2D eigenvalue weighted by molar-refractivity contribution is 5.99. The summed E-state index contributed by atoms with van der Waals surface area (Å²) in [5.41, 5.74) is 1.13. The standard InChI is InChI=1S/C18H25N5O4/c1-3-19-18(20-4-2)23-13-7-5-6-12(8-13)17(26)21-10-15(24)22-14-9-16(25)27-11-14/h5-8,14H,3-4,9-11H2,1-2H3,(H,21,26)(H,22,24)(H2,19,20,23). The quantitative estimate of drug-likeness (QED) is 0.308. The molecule has 1 atom stereocenters. The molecule has 0 radical (unpaired) electrons. The van der Waals surface area contributed by atoms with E-state index in [0.717, 1.165) is 6.54 Å². The highest BCUT2D eigenvalue weighted by Gasteiger charge is 2.25. The zero-order valence-corrected chi connectivity index (χ0v) is 15.5. The molecule has 0 saturated carbocycles. The van der Waals surface area contributed by atoms with Gasteiger partial charge in [0, 0.05) is 24.3 Å². The number of guanidine groups is 1. The molecule has 27 heavy (non-hydrogen) atoms. The Hall–Kier alpha value is -3.10. The number of hydrogen-bond donors (Lipinski definition) is 4. The van der Waals surface area contributed by atoms with Gasteiger partial charge in [-0.05, 0) is 32.0 Å². The minimum absolute atomic E-state index is 0.154. The van der Waals surface area contributed by atoms with Crippen molar-refractivity contribution in [3.05, 3.63) is 29.8 Å². The number of anilines is 1. The van der Waals surface area contributed by atoms with Crippen molar-refractivity contribution in [2.24, 2.45) is 4.99 Å². The summed E-state index contributed by atoms with van der Waals surface area (Å²) in [6.07, 6.45) is 0.154. The van der Waals surface area contributed by atoms with Crippen LogP contribution in [0.4, 0.5) is 5.69 Å². The van der Waals surface area contributed by atoms with Crippen molar-refractivity contribution in [2.75, 3.05) is 31.6 Å². The van der Waals surface area contributed by atoms with Crippen LogP contribution in [0.1, 0.15) is 30.6 Å². The third-order valence-electron chi connectivity index (χ3n) is 3.68. The molecule has 1 aromatic carbocycles. The van der Waals surface area contributed by atoms with Crippen molar-refractivity contribution in [3.8, 4) is 0 Å². The first kappa shape index (κ1) is 20.2. The summed E-state index contributed by atoms with van der Waals surface area (Å²) in [5, 5.41) is 11.4. The van der Waals surface area contributed by atoms with Gasteiger partial charge in [-0.2, -0.15) is 0 Å². The first-order valence-corrected chi connectivity index (χ1v) is 8.90. The number of aliphatic imine (C=N–C) groups is 1. The number of rotatable bonds is 7. The zero-order chi connectivity index (χ0) is 19.6. The first-order valence-electron chi connectivity index (χ1n) is 8.90. The molecule has 4 N–H and O–H groups in total. The topological polar surface area (TPSA) is 121 Å². The van der Waals surface area contributed by atoms with Gasteiger partial charge in [-0.15, -0.1) is 0 Å². The molecule has 0 bridgehead atoms. The number of ether oxygens (including phenoxy) is 1. The monoisotopic (exact) mass is 375 g/mol. The van der Waals surface area contributed by atoms with Crippen LogP contribution in [0.5, 0.6) is 0 Å². The fraction of sp³-hybridized carbons (Fsp3) is 0.444. The lowest BCUT2D eigenvalue weighted by Gasteiger charge is -2.12. The second-order valence-corrected chi connectivity index (χ2v) is 5.89. The van der Waals surface area contributed by atoms with Crippen LogP contribution in [-0.4, -0.2) is 56.0 Å². The Kier molecular flexibility index (Phi) is 7.60. The van der Waals surface area contributed by atoms with Crippen molar-refractivity contribution >= 4 is 29.4 Å². The summed E-state index contributed by atoms with van der Waals surface area (Å²) in [7, 11) is 0. The number of hydrogen-bond acceptors (Lipinski definition) is 5. The summed E-state index contributed by atoms with van der Waals surface area (Å²) >= 11 is 0. The fourth-order valence-corrected chi connectivity index (χ4v) is 2.49. The number of nitrogens with one attached hydrogen (secondary N) is 4. The van der Waals surface area contributed by atoms with Gasteiger partial charge in [-0.3, -0.25) is 19.4 Å². The van der Waals surface area contributed by atoms with Crippen LogP contribution in [0.3, 0.4) is 0 Å². The second kappa shape index (κ2) is 10.1. The Morgan fingerprint density at radius 3 is 2.74 bits per heavy atom. The Labute approximate surface area is 157 Å². The molecular weight excluding hydrogens is 350 g/mol. The third kappa shape index (κ3) is 6.61. The minimum atomic E-state index is -0.370. The van der Waals surface area contributed by atoms with Crippen LogP contribution < -0.4 is 21.3 Å². The predicted molar refractivity (Wildman–Crippen MR) is 102 cm³/mol. The van der Waals surface area contributed by atoms with E-state index >= 15 is 0 Å². The maximum atomic E-state index is 12.3. The van der Waals surface area contributed by atoms with Gasteiger partial charge in [0.05, 0.1) is 19.0 Å². The Morgan fingerprint density at radius 2 is 2.07 bits per heavy atom. The molecule has 0 spiro atoms. The average molecular weight is 375 g/mol. The largest absolute Gasteiger partial charge is 0.463 e. The van der Waals surface area contributed by atoms with Crippen LogP contribution in [-0.2, 0) is 14.3 Å². The van der Waals surface area contributed by atoms with Gasteiger partial charge in [0.2, 0.25) is 5.91 Å². The summed E-state index contributed by atoms with van der Waals surface area (Å²) in [6.45, 7) is 5.23. The number of benzene rings is 1. The third-order valence-corrected chi connectivity index (χ3v) is 3.68. The summed E-state index contributed by atoms with van der Waals surface area (Å²) in [6, 6.07) is 6.57. The van der Waals surface area contributed by atoms with Gasteiger partial charge in [0.15, 0.2) is 5.96 Å². The molecular formula is C18H25N5O4. The molecule has 1 saturated heterocycles. The van der Waals surface area contributed by atoms with Crippen LogP contribution in [0.2, 0.25) is 0 Å². The number of cyclic esters (lactones) is 1. The van der Waals surface area contributed by atoms with Gasteiger partial charge in [0.25, 0.3) is 5.91 Å². The number of carbonyl (C=O) groups excluding carboxylic acids is 3. The molecule has 1 aromatic rings. The molecule has 1 aliphatic rings. The van der Waals surface area contributed by atoms with E-state index in [0.29, 0.717) is 23.8 Å². The number of carbonyl (C=O) groups is 3. The van der Waals surface area contributed by atoms with Crippen LogP contribution in [0, 0.1) is 0 Å². The van der Waals surface area contributed by atoms with E-state index in [1.54, 1.807) is 18.2 Å². The maximum Gasteiger partial charge on any atom is 0.308 e. The molecule has 146 valence electrons. The van der Waals surface area contributed by atoms with Gasteiger partial charge >= 0.3 is 5.97 Å². The summed E-state index contributed by atoms with van der Waals surface area (Å²) in [5.74, 6) is -0.446. The Bertz CT molecular complexity index is 719. The van der Waals surface area contributed by atoms with Crippen molar-refractivity contribution in [1.82, 2.24) is 16.0 Å². The molecule has 1 heterocycles. The predicted octanol–water partition coefficient (Wildman–Crippen LogP) is 0.245. The Balaban J connectivity index is 1.87. The first-order chi connectivity index (χ1) is 13.0. The fourth-order valence-electron chi connectivity index (χ4n) is 2.49. The highest BCUT2D eigenvalue weighted by Crippen LogP contribution is 2.10. The van der Waals surface area contributed by atoms with Crippen LogP contribution in [0.15, 0.2) is 29.3 Å². The van der Waals surface area contributed by atoms with Crippen molar-refractivity contribution in [1.29, 1.82) is 0 Å². The van der Waals surface area contributed by atoms with Crippen molar-refractivity contribution < 1.29 is 19.1 Å². The van der Waals surface area contributed by atoms with E-state index in [1.165, 1.54) is 0 Å². The van der Waals surface area contributed by atoms with E-state index in [-0.39, 0.29) is 43.4 Å². The molecule has 2 amide bonds. The van der Waals surface area contributed by atoms with E-state index in [2.05, 4.69) is 26.3 Å². The van der Waals surface area contributed by atoms with Crippen molar-refractivity contribution in [2.45, 2.75) is 26.3 Å². The number of amides is 2. The van der Waals surface area contributed by atoms with Crippen LogP contribution >= 0.6 is 0 Å². The molecule has 2 rings (SSSR count). The molecule has 0 aliphatic carbocycles. The van der Waals surface area contributed by atoms with E-state index in [4.69, 9.17) is 4.74 Å². The molecule has 9 heteroatoms. The number of nitrogens with zero attached hydrogens (tertiary/aromatic N) is 1. The normalized spacial score (nSPS) is 16.4. The summed E-state index contributed by atoms with van der Waals surface area (Å²) in [4.78, 5) is 39.5. The smallest absolute Gasteiger partial charge is 0.308 e. The van der Waals surface area contributed by atoms with Gasteiger partial charge in [-0.25, -0.2) is 0 Å². The molecule has 1 unspecified atom stereocenters. The summed E-state index contributed by atoms with van der Waals surface area (Å²) < 4.78 is 4.78.